The van der Waals surface area contributed by atoms with Gasteiger partial charge in [-0.25, -0.2) is 15.4 Å². The van der Waals surface area contributed by atoms with Crippen LogP contribution in [0.3, 0.4) is 0 Å². The number of aliphatic hydroxyl groups excluding tert-OH is 2. The lowest BCUT2D eigenvalue weighted by atomic mass is 9.96. The van der Waals surface area contributed by atoms with Gasteiger partial charge in [0.25, 0.3) is 0 Å². The highest BCUT2D eigenvalue weighted by atomic mass is 35.5. The monoisotopic (exact) mass is 424 g/mol. The van der Waals surface area contributed by atoms with Crippen molar-refractivity contribution in [2.75, 3.05) is 12.6 Å². The van der Waals surface area contributed by atoms with Crippen molar-refractivity contribution in [3.63, 3.8) is 0 Å². The summed E-state index contributed by atoms with van der Waals surface area (Å²) in [6, 6.07) is 7.38. The van der Waals surface area contributed by atoms with Crippen LogP contribution in [0, 0.1) is 5.92 Å². The quantitative estimate of drug-likeness (QED) is 0.477. The molecule has 0 bridgehead atoms. The van der Waals surface area contributed by atoms with Crippen LogP contribution in [0.4, 0.5) is 5.82 Å². The highest BCUT2D eigenvalue weighted by Gasteiger charge is 2.33. The average Bonchev–Trinajstić information content (AvgIpc) is 3.28. The molecule has 0 radical (unpaired) electrons. The lowest BCUT2D eigenvalue weighted by Crippen LogP contribution is -2.26. The van der Waals surface area contributed by atoms with E-state index in [4.69, 9.17) is 28.0 Å². The van der Waals surface area contributed by atoms with Crippen molar-refractivity contribution < 1.29 is 15.1 Å². The van der Waals surface area contributed by atoms with Gasteiger partial charge in [-0.05, 0) is 48.9 Å². The summed E-state index contributed by atoms with van der Waals surface area (Å²) in [4.78, 5) is 15.7. The minimum Gasteiger partial charge on any atom is -0.390 e. The lowest BCUT2D eigenvalue weighted by Gasteiger charge is -2.16. The van der Waals surface area contributed by atoms with Gasteiger partial charge in [-0.3, -0.25) is 4.84 Å². The Labute approximate surface area is 172 Å². The van der Waals surface area contributed by atoms with Gasteiger partial charge < -0.3 is 15.2 Å². The first kappa shape index (κ1) is 20.8. The number of hydrogen-bond acceptors (Lipinski definition) is 6. The second-order valence-corrected chi connectivity index (χ2v) is 7.43. The van der Waals surface area contributed by atoms with Gasteiger partial charge in [0.15, 0.2) is 5.82 Å². The molecule has 1 aliphatic rings. The second kappa shape index (κ2) is 9.54. The standard InChI is InChI=1S/C12H14Cl2O2.C7H8N4O/c13-9-3-1-7(6-10(9)14)5-8-2-4-11(15)12(8)16;1-12-11-7-5-2-3-8-6(5)9-4-10-7/h1,3,6,8,11-12,15-16H,2,4-5H2;2-4H,1H3,(H2,8,9,10,11). The van der Waals surface area contributed by atoms with Crippen LogP contribution < -0.4 is 5.48 Å². The molecule has 9 heteroatoms. The van der Waals surface area contributed by atoms with Crippen molar-refractivity contribution in [1.82, 2.24) is 15.0 Å². The summed E-state index contributed by atoms with van der Waals surface area (Å²) in [6.45, 7) is 0. The topological polar surface area (TPSA) is 103 Å². The number of hydrogen-bond donors (Lipinski definition) is 4. The molecule has 0 saturated heterocycles. The Morgan fingerprint density at radius 3 is 2.68 bits per heavy atom. The molecule has 4 rings (SSSR count). The molecule has 0 amide bonds. The summed E-state index contributed by atoms with van der Waals surface area (Å²) in [6.07, 6.45) is 4.34. The minimum atomic E-state index is -0.616. The lowest BCUT2D eigenvalue weighted by molar-refractivity contribution is 0.0207. The third kappa shape index (κ3) is 4.92. The summed E-state index contributed by atoms with van der Waals surface area (Å²) in [5.41, 5.74) is 4.51. The molecule has 7 nitrogen and oxygen atoms in total. The largest absolute Gasteiger partial charge is 0.390 e. The molecule has 1 fully saturated rings. The van der Waals surface area contributed by atoms with E-state index in [0.717, 1.165) is 29.4 Å². The van der Waals surface area contributed by atoms with Crippen LogP contribution in [0.2, 0.25) is 10.0 Å². The number of anilines is 1. The van der Waals surface area contributed by atoms with Gasteiger partial charge in [-0.15, -0.1) is 0 Å². The molecule has 0 aliphatic heterocycles. The van der Waals surface area contributed by atoms with Gasteiger partial charge in [-0.1, -0.05) is 29.3 Å². The number of H-pyrrole nitrogens is 1. The van der Waals surface area contributed by atoms with Crippen molar-refractivity contribution in [3.8, 4) is 0 Å². The second-order valence-electron chi connectivity index (χ2n) is 6.62. The third-order valence-corrected chi connectivity index (χ3v) is 5.48. The van der Waals surface area contributed by atoms with Crippen molar-refractivity contribution in [1.29, 1.82) is 0 Å². The van der Waals surface area contributed by atoms with Gasteiger partial charge in [0.2, 0.25) is 0 Å². The molecule has 0 spiro atoms. The van der Waals surface area contributed by atoms with E-state index in [9.17, 15) is 10.2 Å². The van der Waals surface area contributed by atoms with Crippen LogP contribution in [-0.4, -0.2) is 44.5 Å². The van der Waals surface area contributed by atoms with Gasteiger partial charge in [0.05, 0.1) is 34.7 Å². The molecular formula is C19H22Cl2N4O3. The van der Waals surface area contributed by atoms with Crippen LogP contribution in [0.15, 0.2) is 36.8 Å². The molecule has 150 valence electrons. The maximum atomic E-state index is 9.73. The molecule has 3 atom stereocenters. The van der Waals surface area contributed by atoms with E-state index in [1.807, 2.05) is 18.2 Å². The van der Waals surface area contributed by atoms with E-state index in [0.29, 0.717) is 22.3 Å². The van der Waals surface area contributed by atoms with Crippen molar-refractivity contribution in [2.24, 2.45) is 5.92 Å². The smallest absolute Gasteiger partial charge is 0.162 e. The maximum Gasteiger partial charge on any atom is 0.162 e. The van der Waals surface area contributed by atoms with E-state index < -0.39 is 12.2 Å². The van der Waals surface area contributed by atoms with Crippen LogP contribution in [0.5, 0.6) is 0 Å². The molecule has 2 aromatic heterocycles. The zero-order chi connectivity index (χ0) is 20.1. The average molecular weight is 425 g/mol. The van der Waals surface area contributed by atoms with Crippen LogP contribution in [0.25, 0.3) is 11.0 Å². The number of aliphatic hydroxyl groups is 2. The number of benzene rings is 1. The predicted molar refractivity (Wildman–Crippen MR) is 109 cm³/mol. The summed E-state index contributed by atoms with van der Waals surface area (Å²) < 4.78 is 0. The first-order chi connectivity index (χ1) is 13.5. The molecular weight excluding hydrogens is 403 g/mol. The minimum absolute atomic E-state index is 0.118. The molecule has 1 aromatic carbocycles. The Hall–Kier alpha value is -1.90. The van der Waals surface area contributed by atoms with Crippen LogP contribution in [0.1, 0.15) is 18.4 Å². The first-order valence-electron chi connectivity index (χ1n) is 8.86. The number of aromatic amines is 1. The normalized spacial score (nSPS) is 21.4. The summed E-state index contributed by atoms with van der Waals surface area (Å²) in [7, 11) is 1.54. The Bertz CT molecular complexity index is 921. The van der Waals surface area contributed by atoms with Gasteiger partial charge in [-0.2, -0.15) is 0 Å². The van der Waals surface area contributed by atoms with E-state index in [2.05, 4.69) is 20.4 Å². The molecule has 1 aliphatic carbocycles. The van der Waals surface area contributed by atoms with Gasteiger partial charge in [0.1, 0.15) is 12.0 Å². The number of aromatic nitrogens is 3. The fourth-order valence-corrected chi connectivity index (χ4v) is 3.60. The fourth-order valence-electron chi connectivity index (χ4n) is 3.28. The molecule has 3 aromatic rings. The number of nitrogens with zero attached hydrogens (tertiary/aromatic N) is 2. The van der Waals surface area contributed by atoms with E-state index in [-0.39, 0.29) is 5.92 Å². The Morgan fingerprint density at radius 1 is 1.18 bits per heavy atom. The third-order valence-electron chi connectivity index (χ3n) is 4.75. The molecule has 1 saturated carbocycles. The van der Waals surface area contributed by atoms with E-state index in [1.54, 1.807) is 19.4 Å². The zero-order valence-corrected chi connectivity index (χ0v) is 16.8. The summed E-state index contributed by atoms with van der Waals surface area (Å²) in [5, 5.41) is 21.2. The SMILES string of the molecule is CONc1ncnc2[nH]ccc12.OC1CCC(Cc2ccc(Cl)c(Cl)c2)C1O. The number of fused-ring (bicyclic) bond motifs is 1. The molecule has 3 unspecified atom stereocenters. The highest BCUT2D eigenvalue weighted by Crippen LogP contribution is 2.31. The maximum absolute atomic E-state index is 9.73. The summed E-state index contributed by atoms with van der Waals surface area (Å²) in [5.74, 6) is 0.788. The van der Waals surface area contributed by atoms with Crippen molar-refractivity contribution >= 4 is 40.1 Å². The van der Waals surface area contributed by atoms with Crippen molar-refractivity contribution in [2.45, 2.75) is 31.5 Å². The molecule has 28 heavy (non-hydrogen) atoms. The van der Waals surface area contributed by atoms with E-state index in [1.165, 1.54) is 6.33 Å². The number of rotatable bonds is 4. The van der Waals surface area contributed by atoms with Gasteiger partial charge in [0, 0.05) is 6.20 Å². The highest BCUT2D eigenvalue weighted by molar-refractivity contribution is 6.42. The predicted octanol–water partition coefficient (Wildman–Crippen LogP) is 3.60. The Morgan fingerprint density at radius 2 is 2.00 bits per heavy atom. The number of halogens is 2. The van der Waals surface area contributed by atoms with E-state index >= 15 is 0 Å². The first-order valence-corrected chi connectivity index (χ1v) is 9.62. The number of nitrogens with one attached hydrogen (secondary N) is 2. The van der Waals surface area contributed by atoms with Crippen LogP contribution >= 0.6 is 23.2 Å². The Kier molecular flexibility index (Phi) is 7.09. The Balaban J connectivity index is 0.000000167. The summed E-state index contributed by atoms with van der Waals surface area (Å²) >= 11 is 11.7. The van der Waals surface area contributed by atoms with Crippen molar-refractivity contribution in [3.05, 3.63) is 52.4 Å². The molecule has 4 N–H and O–H groups in total. The van der Waals surface area contributed by atoms with Gasteiger partial charge >= 0.3 is 0 Å². The fraction of sp³-hybridized carbons (Fsp3) is 0.368. The van der Waals surface area contributed by atoms with Crippen LogP contribution in [-0.2, 0) is 11.3 Å². The zero-order valence-electron chi connectivity index (χ0n) is 15.3. The molecule has 2 heterocycles.